The summed E-state index contributed by atoms with van der Waals surface area (Å²) in [5.41, 5.74) is 6.23. The average molecular weight is 304 g/mol. The summed E-state index contributed by atoms with van der Waals surface area (Å²) in [5, 5.41) is 0. The number of ether oxygens (including phenoxy) is 1. The number of hydrogen-bond donors (Lipinski definition) is 1. The van der Waals surface area contributed by atoms with Crippen LogP contribution < -0.4 is 10.5 Å². The summed E-state index contributed by atoms with van der Waals surface area (Å²) < 4.78 is 19.1. The lowest BCUT2D eigenvalue weighted by Gasteiger charge is -2.19. The number of primary amides is 1. The summed E-state index contributed by atoms with van der Waals surface area (Å²) in [6.07, 6.45) is 1.84. The fraction of sp³-hybridized carbons (Fsp3) is 0.294. The van der Waals surface area contributed by atoms with E-state index < -0.39 is 5.82 Å². The van der Waals surface area contributed by atoms with Gasteiger partial charge in [-0.15, -0.1) is 0 Å². The van der Waals surface area contributed by atoms with Crippen LogP contribution in [0, 0.1) is 12.7 Å². The summed E-state index contributed by atoms with van der Waals surface area (Å²) in [6, 6.07) is 9.05. The highest BCUT2D eigenvalue weighted by Crippen LogP contribution is 2.27. The SMILES string of the molecule is Cc1cnc(Oc2ccc(C(C)(C)C)cc2)c(F)c1.NC=O. The first kappa shape index (κ1) is 17.6. The van der Waals surface area contributed by atoms with Crippen LogP contribution in [-0.4, -0.2) is 11.4 Å². The molecule has 0 bridgehead atoms. The van der Waals surface area contributed by atoms with Gasteiger partial charge in [0.25, 0.3) is 5.88 Å². The molecule has 0 unspecified atom stereocenters. The Kier molecular flexibility index (Phi) is 6.04. The number of carbonyl (C=O) groups excluding carboxylic acids is 1. The van der Waals surface area contributed by atoms with Crippen molar-refractivity contribution < 1.29 is 13.9 Å². The van der Waals surface area contributed by atoms with Crippen molar-refractivity contribution in [1.29, 1.82) is 0 Å². The molecule has 2 rings (SSSR count). The lowest BCUT2D eigenvalue weighted by atomic mass is 9.87. The van der Waals surface area contributed by atoms with Crippen molar-refractivity contribution in [2.75, 3.05) is 0 Å². The standard InChI is InChI=1S/C16H18FNO.CH3NO/c1-11-9-14(17)15(18-10-11)19-13-7-5-12(6-8-13)16(2,3)4;2-1-3/h5-10H,1-4H3;1H,(H2,2,3). The molecular formula is C17H21FN2O2. The summed E-state index contributed by atoms with van der Waals surface area (Å²) in [5.74, 6) is 0.150. The van der Waals surface area contributed by atoms with Gasteiger partial charge in [0.1, 0.15) is 5.75 Å². The van der Waals surface area contributed by atoms with Crippen LogP contribution in [0.5, 0.6) is 11.6 Å². The number of carbonyl (C=O) groups is 1. The van der Waals surface area contributed by atoms with Crippen molar-refractivity contribution >= 4 is 6.41 Å². The van der Waals surface area contributed by atoms with Gasteiger partial charge < -0.3 is 10.5 Å². The molecule has 22 heavy (non-hydrogen) atoms. The van der Waals surface area contributed by atoms with Crippen molar-refractivity contribution in [1.82, 2.24) is 4.98 Å². The molecule has 0 fully saturated rings. The molecule has 1 heterocycles. The van der Waals surface area contributed by atoms with Crippen LogP contribution in [0.25, 0.3) is 0 Å². The lowest BCUT2D eigenvalue weighted by molar-refractivity contribution is -0.106. The topological polar surface area (TPSA) is 65.2 Å². The molecule has 4 nitrogen and oxygen atoms in total. The monoisotopic (exact) mass is 304 g/mol. The Bertz CT molecular complexity index is 620. The van der Waals surface area contributed by atoms with E-state index in [0.29, 0.717) is 5.75 Å². The van der Waals surface area contributed by atoms with Gasteiger partial charge in [-0.1, -0.05) is 32.9 Å². The predicted molar refractivity (Wildman–Crippen MR) is 84.4 cm³/mol. The van der Waals surface area contributed by atoms with Gasteiger partial charge in [0.2, 0.25) is 6.41 Å². The zero-order chi connectivity index (χ0) is 16.8. The minimum Gasteiger partial charge on any atom is -0.436 e. The van der Waals surface area contributed by atoms with Gasteiger partial charge >= 0.3 is 0 Å². The van der Waals surface area contributed by atoms with Crippen molar-refractivity contribution in [3.8, 4) is 11.6 Å². The second-order valence-corrected chi connectivity index (χ2v) is 5.81. The molecule has 0 saturated heterocycles. The fourth-order valence-corrected chi connectivity index (χ4v) is 1.73. The number of amides is 1. The summed E-state index contributed by atoms with van der Waals surface area (Å²) >= 11 is 0. The molecule has 0 atom stereocenters. The Morgan fingerprint density at radius 3 is 2.23 bits per heavy atom. The Balaban J connectivity index is 0.000000745. The van der Waals surface area contributed by atoms with E-state index in [-0.39, 0.29) is 17.7 Å². The number of rotatable bonds is 2. The van der Waals surface area contributed by atoms with Gasteiger partial charge in [-0.05, 0) is 41.7 Å². The average Bonchev–Trinajstić information content (AvgIpc) is 2.42. The number of nitrogens with zero attached hydrogens (tertiary/aromatic N) is 1. The molecular weight excluding hydrogens is 283 g/mol. The van der Waals surface area contributed by atoms with Gasteiger partial charge in [-0.2, -0.15) is 0 Å². The molecule has 0 radical (unpaired) electrons. The highest BCUT2D eigenvalue weighted by Gasteiger charge is 2.13. The van der Waals surface area contributed by atoms with Gasteiger partial charge in [0.15, 0.2) is 5.82 Å². The van der Waals surface area contributed by atoms with Gasteiger partial charge in [0.05, 0.1) is 0 Å². The van der Waals surface area contributed by atoms with Crippen LogP contribution in [-0.2, 0) is 10.2 Å². The summed E-state index contributed by atoms with van der Waals surface area (Å²) in [6.45, 7) is 8.22. The first-order chi connectivity index (χ1) is 10.3. The third-order valence-corrected chi connectivity index (χ3v) is 2.88. The zero-order valence-corrected chi connectivity index (χ0v) is 13.3. The lowest BCUT2D eigenvalue weighted by Crippen LogP contribution is -2.10. The molecule has 1 aromatic heterocycles. The summed E-state index contributed by atoms with van der Waals surface area (Å²) in [7, 11) is 0. The van der Waals surface area contributed by atoms with Crippen LogP contribution >= 0.6 is 0 Å². The number of halogens is 1. The zero-order valence-electron chi connectivity index (χ0n) is 13.3. The molecule has 5 heteroatoms. The highest BCUT2D eigenvalue weighted by atomic mass is 19.1. The number of aromatic nitrogens is 1. The second kappa shape index (κ2) is 7.54. The maximum Gasteiger partial charge on any atom is 0.255 e. The maximum absolute atomic E-state index is 13.6. The molecule has 2 aromatic rings. The largest absolute Gasteiger partial charge is 0.436 e. The first-order valence-electron chi connectivity index (χ1n) is 6.84. The van der Waals surface area contributed by atoms with Crippen LogP contribution in [0.4, 0.5) is 4.39 Å². The van der Waals surface area contributed by atoms with E-state index in [0.717, 1.165) is 5.56 Å². The van der Waals surface area contributed by atoms with Crippen LogP contribution in [0.1, 0.15) is 31.9 Å². The fourth-order valence-electron chi connectivity index (χ4n) is 1.73. The number of aryl methyl sites for hydroxylation is 1. The van der Waals surface area contributed by atoms with Gasteiger partial charge in [-0.25, -0.2) is 9.37 Å². The van der Waals surface area contributed by atoms with E-state index >= 15 is 0 Å². The normalized spacial score (nSPS) is 10.4. The van der Waals surface area contributed by atoms with E-state index in [4.69, 9.17) is 9.53 Å². The molecule has 118 valence electrons. The third kappa shape index (κ3) is 5.16. The third-order valence-electron chi connectivity index (χ3n) is 2.88. The van der Waals surface area contributed by atoms with E-state index in [1.165, 1.54) is 11.6 Å². The second-order valence-electron chi connectivity index (χ2n) is 5.81. The van der Waals surface area contributed by atoms with E-state index in [1.807, 2.05) is 24.3 Å². The van der Waals surface area contributed by atoms with Crippen molar-refractivity contribution in [2.24, 2.45) is 5.73 Å². The molecule has 0 aliphatic rings. The first-order valence-corrected chi connectivity index (χ1v) is 6.84. The number of pyridine rings is 1. The Labute approximate surface area is 130 Å². The molecule has 1 aromatic carbocycles. The molecule has 1 amide bonds. The molecule has 0 aliphatic heterocycles. The van der Waals surface area contributed by atoms with Gasteiger partial charge in [0, 0.05) is 6.20 Å². The van der Waals surface area contributed by atoms with Crippen molar-refractivity contribution in [3.63, 3.8) is 0 Å². The van der Waals surface area contributed by atoms with E-state index in [1.54, 1.807) is 13.1 Å². The van der Waals surface area contributed by atoms with Crippen LogP contribution in [0.15, 0.2) is 36.5 Å². The maximum atomic E-state index is 13.6. The molecule has 0 aliphatic carbocycles. The quantitative estimate of drug-likeness (QED) is 0.860. The number of hydrogen-bond acceptors (Lipinski definition) is 3. The minimum absolute atomic E-state index is 0.00843. The van der Waals surface area contributed by atoms with Crippen molar-refractivity contribution in [3.05, 3.63) is 53.5 Å². The van der Waals surface area contributed by atoms with Crippen LogP contribution in [0.2, 0.25) is 0 Å². The number of benzene rings is 1. The van der Waals surface area contributed by atoms with E-state index in [2.05, 4.69) is 31.5 Å². The molecule has 0 spiro atoms. The Hall–Kier alpha value is -2.43. The van der Waals surface area contributed by atoms with Crippen LogP contribution in [0.3, 0.4) is 0 Å². The summed E-state index contributed by atoms with van der Waals surface area (Å²) in [4.78, 5) is 12.5. The van der Waals surface area contributed by atoms with Gasteiger partial charge in [-0.3, -0.25) is 4.79 Å². The Morgan fingerprint density at radius 1 is 1.23 bits per heavy atom. The minimum atomic E-state index is -0.445. The highest BCUT2D eigenvalue weighted by molar-refractivity contribution is 5.42. The van der Waals surface area contributed by atoms with Crippen molar-refractivity contribution in [2.45, 2.75) is 33.1 Å². The Morgan fingerprint density at radius 2 is 1.77 bits per heavy atom. The predicted octanol–water partition coefficient (Wildman–Crippen LogP) is 3.72. The molecule has 2 N–H and O–H groups in total. The molecule has 0 saturated carbocycles. The smallest absolute Gasteiger partial charge is 0.255 e. The van der Waals surface area contributed by atoms with E-state index in [9.17, 15) is 4.39 Å². The number of nitrogens with two attached hydrogens (primary N) is 1.